The van der Waals surface area contributed by atoms with Gasteiger partial charge in [0.25, 0.3) is 5.91 Å². The van der Waals surface area contributed by atoms with Crippen LogP contribution in [0.5, 0.6) is 0 Å². The number of hydrogen-bond donors (Lipinski definition) is 3. The fourth-order valence-electron chi connectivity index (χ4n) is 3.30. The fourth-order valence-corrected chi connectivity index (χ4v) is 4.40. The normalized spacial score (nSPS) is 15.6. The number of halogens is 1. The number of aryl methyl sites for hydroxylation is 1. The molecule has 4 rings (SSSR count). The highest BCUT2D eigenvalue weighted by Gasteiger charge is 2.20. The van der Waals surface area contributed by atoms with E-state index in [4.69, 9.17) is 16.3 Å². The highest BCUT2D eigenvalue weighted by atomic mass is 35.5. The highest BCUT2D eigenvalue weighted by molar-refractivity contribution is 7.16. The third kappa shape index (κ3) is 5.21. The molecule has 0 aliphatic carbocycles. The molecular weight excluding hydrogens is 440 g/mol. The van der Waals surface area contributed by atoms with Gasteiger partial charge in [0.15, 0.2) is 0 Å². The van der Waals surface area contributed by atoms with E-state index in [-0.39, 0.29) is 18.3 Å². The molecule has 164 valence electrons. The van der Waals surface area contributed by atoms with Crippen LogP contribution in [0.15, 0.2) is 30.9 Å². The van der Waals surface area contributed by atoms with Crippen LogP contribution in [0.1, 0.15) is 39.8 Å². The van der Waals surface area contributed by atoms with E-state index in [0.717, 1.165) is 36.5 Å². The second-order valence-electron chi connectivity index (χ2n) is 7.25. The summed E-state index contributed by atoms with van der Waals surface area (Å²) >= 11 is 7.27. The van der Waals surface area contributed by atoms with E-state index < -0.39 is 11.9 Å². The summed E-state index contributed by atoms with van der Waals surface area (Å²) in [4.78, 5) is 26.6. The molecule has 1 fully saturated rings. The number of carbonyl (C=O) groups is 1. The van der Waals surface area contributed by atoms with Crippen LogP contribution in [0.2, 0.25) is 4.34 Å². The Morgan fingerprint density at radius 1 is 1.39 bits per heavy atom. The summed E-state index contributed by atoms with van der Waals surface area (Å²) in [5, 5.41) is 15.8. The second-order valence-corrected chi connectivity index (χ2v) is 8.99. The first-order valence-corrected chi connectivity index (χ1v) is 11.1. The Balaban J connectivity index is 1.48. The van der Waals surface area contributed by atoms with E-state index in [2.05, 4.69) is 25.6 Å². The van der Waals surface area contributed by atoms with Crippen LogP contribution in [0, 0.1) is 6.92 Å². The first-order chi connectivity index (χ1) is 15.0. The van der Waals surface area contributed by atoms with Gasteiger partial charge in [0, 0.05) is 42.1 Å². The number of aromatic nitrogens is 4. The van der Waals surface area contributed by atoms with Crippen molar-refractivity contribution in [3.05, 3.63) is 51.3 Å². The summed E-state index contributed by atoms with van der Waals surface area (Å²) in [6.07, 6.45) is 6.70. The Bertz CT molecular complexity index is 1050. The van der Waals surface area contributed by atoms with Gasteiger partial charge in [-0.15, -0.1) is 11.3 Å². The van der Waals surface area contributed by atoms with E-state index >= 15 is 0 Å². The maximum atomic E-state index is 12.7. The van der Waals surface area contributed by atoms with Gasteiger partial charge < -0.3 is 20.5 Å². The molecule has 11 heteroatoms. The molecule has 31 heavy (non-hydrogen) atoms. The van der Waals surface area contributed by atoms with E-state index in [1.54, 1.807) is 35.4 Å². The Labute approximate surface area is 188 Å². The lowest BCUT2D eigenvalue weighted by Gasteiger charge is -2.23. The smallest absolute Gasteiger partial charge is 0.272 e. The van der Waals surface area contributed by atoms with Gasteiger partial charge in [0.2, 0.25) is 5.95 Å². The molecule has 9 nitrogen and oxygen atoms in total. The molecule has 0 spiro atoms. The summed E-state index contributed by atoms with van der Waals surface area (Å²) in [6, 6.07) is 3.24. The van der Waals surface area contributed by atoms with E-state index in [1.807, 2.05) is 6.92 Å². The molecule has 1 unspecified atom stereocenters. The molecule has 0 bridgehead atoms. The van der Waals surface area contributed by atoms with Gasteiger partial charge in [-0.3, -0.25) is 9.36 Å². The molecule has 3 N–H and O–H groups in total. The average molecular weight is 463 g/mol. The quantitative estimate of drug-likeness (QED) is 0.494. The van der Waals surface area contributed by atoms with E-state index in [9.17, 15) is 9.90 Å². The Morgan fingerprint density at radius 3 is 2.90 bits per heavy atom. The number of aliphatic hydroxyl groups is 1. The van der Waals surface area contributed by atoms with Crippen molar-refractivity contribution in [3.63, 3.8) is 0 Å². The van der Waals surface area contributed by atoms with Gasteiger partial charge in [-0.2, -0.15) is 4.98 Å². The van der Waals surface area contributed by atoms with Gasteiger partial charge in [-0.25, -0.2) is 9.97 Å². The van der Waals surface area contributed by atoms with E-state index in [1.165, 1.54) is 11.3 Å². The van der Waals surface area contributed by atoms with Crippen molar-refractivity contribution in [2.45, 2.75) is 31.8 Å². The predicted octanol–water partition coefficient (Wildman–Crippen LogP) is 2.74. The van der Waals surface area contributed by atoms with Crippen molar-refractivity contribution in [2.24, 2.45) is 0 Å². The summed E-state index contributed by atoms with van der Waals surface area (Å²) < 4.78 is 7.67. The molecular formula is C20H23ClN6O3S. The van der Waals surface area contributed by atoms with Crippen LogP contribution in [0.3, 0.4) is 0 Å². The van der Waals surface area contributed by atoms with Crippen LogP contribution in [-0.2, 0) is 4.74 Å². The molecule has 1 saturated heterocycles. The van der Waals surface area contributed by atoms with Gasteiger partial charge in [0.05, 0.1) is 17.0 Å². The number of thiophene rings is 1. The number of carbonyl (C=O) groups excluding carboxylic acids is 1. The standard InChI is InChI=1S/C20H23ClN6O3S/c1-12-8-22-20(24-13-4-6-30-7-5-13)26-18(12)27-9-14(23-11-27)19(29)25-15(10-28)16-2-3-17(21)31-16/h2-3,8-9,11,13,15,28H,4-7,10H2,1H3,(H,25,29)(H,22,24,26). The molecule has 0 aromatic carbocycles. The molecule has 3 aromatic heterocycles. The van der Waals surface area contributed by atoms with Crippen molar-refractivity contribution in [1.82, 2.24) is 24.8 Å². The van der Waals surface area contributed by atoms with Gasteiger partial charge >= 0.3 is 0 Å². The first-order valence-electron chi connectivity index (χ1n) is 9.92. The summed E-state index contributed by atoms with van der Waals surface area (Å²) in [5.41, 5.74) is 1.07. The molecule has 1 amide bonds. The Kier molecular flexibility index (Phi) is 6.81. The number of anilines is 1. The van der Waals surface area contributed by atoms with Crippen LogP contribution in [-0.4, -0.2) is 56.4 Å². The van der Waals surface area contributed by atoms with Gasteiger partial charge in [-0.05, 0) is 31.9 Å². The highest BCUT2D eigenvalue weighted by Crippen LogP contribution is 2.27. The fraction of sp³-hybridized carbons (Fsp3) is 0.400. The maximum Gasteiger partial charge on any atom is 0.272 e. The molecule has 0 radical (unpaired) electrons. The summed E-state index contributed by atoms with van der Waals surface area (Å²) in [6.45, 7) is 3.11. The van der Waals surface area contributed by atoms with E-state index in [0.29, 0.717) is 16.1 Å². The van der Waals surface area contributed by atoms with Crippen molar-refractivity contribution < 1.29 is 14.6 Å². The molecule has 0 saturated carbocycles. The van der Waals surface area contributed by atoms with Crippen molar-refractivity contribution in [3.8, 4) is 5.82 Å². The molecule has 3 aromatic rings. The minimum absolute atomic E-state index is 0.220. The number of ether oxygens (including phenoxy) is 1. The molecule has 1 atom stereocenters. The Hall–Kier alpha value is -2.53. The van der Waals surface area contributed by atoms with Crippen molar-refractivity contribution in [2.75, 3.05) is 25.1 Å². The number of aliphatic hydroxyl groups excluding tert-OH is 1. The number of nitrogens with zero attached hydrogens (tertiary/aromatic N) is 4. The largest absolute Gasteiger partial charge is 0.394 e. The SMILES string of the molecule is Cc1cnc(NC2CCOCC2)nc1-n1cnc(C(=O)NC(CO)c2ccc(Cl)s2)c1. The zero-order valence-corrected chi connectivity index (χ0v) is 18.5. The summed E-state index contributed by atoms with van der Waals surface area (Å²) in [7, 11) is 0. The number of hydrogen-bond acceptors (Lipinski definition) is 8. The monoisotopic (exact) mass is 462 g/mol. The summed E-state index contributed by atoms with van der Waals surface area (Å²) in [5.74, 6) is 0.775. The lowest BCUT2D eigenvalue weighted by atomic mass is 10.1. The average Bonchev–Trinajstić information content (AvgIpc) is 3.43. The Morgan fingerprint density at radius 2 is 2.19 bits per heavy atom. The number of imidazole rings is 1. The maximum absolute atomic E-state index is 12.7. The van der Waals surface area contributed by atoms with Crippen molar-refractivity contribution >= 4 is 34.8 Å². The van der Waals surface area contributed by atoms with Crippen LogP contribution < -0.4 is 10.6 Å². The molecule has 1 aliphatic heterocycles. The zero-order chi connectivity index (χ0) is 21.8. The minimum atomic E-state index is -0.550. The molecule has 1 aliphatic rings. The lowest BCUT2D eigenvalue weighted by molar-refractivity contribution is 0.0902. The minimum Gasteiger partial charge on any atom is -0.394 e. The van der Waals surface area contributed by atoms with Crippen LogP contribution >= 0.6 is 22.9 Å². The number of nitrogens with one attached hydrogen (secondary N) is 2. The topological polar surface area (TPSA) is 114 Å². The predicted molar refractivity (Wildman–Crippen MR) is 118 cm³/mol. The first kappa shape index (κ1) is 21.7. The van der Waals surface area contributed by atoms with Crippen LogP contribution in [0.25, 0.3) is 5.82 Å². The number of rotatable bonds is 7. The van der Waals surface area contributed by atoms with Crippen molar-refractivity contribution in [1.29, 1.82) is 0 Å². The zero-order valence-electron chi connectivity index (χ0n) is 16.9. The second kappa shape index (κ2) is 9.73. The molecule has 4 heterocycles. The van der Waals surface area contributed by atoms with Gasteiger partial charge in [-0.1, -0.05) is 11.6 Å². The third-order valence-corrected chi connectivity index (χ3v) is 6.33. The lowest BCUT2D eigenvalue weighted by Crippen LogP contribution is -2.30. The number of amides is 1. The van der Waals surface area contributed by atoms with Crippen LogP contribution in [0.4, 0.5) is 5.95 Å². The van der Waals surface area contributed by atoms with Gasteiger partial charge in [0.1, 0.15) is 17.8 Å². The third-order valence-electron chi connectivity index (χ3n) is 4.98.